The van der Waals surface area contributed by atoms with Crippen LogP contribution >= 0.6 is 0 Å². The van der Waals surface area contributed by atoms with E-state index in [2.05, 4.69) is 57.2 Å². The van der Waals surface area contributed by atoms with Crippen molar-refractivity contribution in [2.45, 2.75) is 39.2 Å². The maximum atomic E-state index is 6.58. The highest BCUT2D eigenvalue weighted by Crippen LogP contribution is 2.28. The van der Waals surface area contributed by atoms with Crippen LogP contribution in [0, 0.1) is 6.92 Å². The molecule has 2 heteroatoms. The van der Waals surface area contributed by atoms with Crippen molar-refractivity contribution in [1.29, 1.82) is 0 Å². The van der Waals surface area contributed by atoms with Crippen LogP contribution < -0.4 is 10.5 Å². The zero-order valence-electron chi connectivity index (χ0n) is 13.4. The van der Waals surface area contributed by atoms with Crippen LogP contribution in [0.4, 0.5) is 0 Å². The molecule has 0 saturated carbocycles. The van der Waals surface area contributed by atoms with Crippen molar-refractivity contribution in [3.8, 4) is 5.75 Å². The Balaban J connectivity index is 2.29. The summed E-state index contributed by atoms with van der Waals surface area (Å²) in [4.78, 5) is 0. The van der Waals surface area contributed by atoms with Crippen LogP contribution in [0.25, 0.3) is 0 Å². The largest absolute Gasteiger partial charge is 0.496 e. The number of nitrogens with two attached hydrogens (primary N) is 1. The SMILES string of the molecule is CCc1ccc(C(C)(N)Cc2cc(C)ccc2OC)cc1. The monoisotopic (exact) mass is 283 g/mol. The number of aryl methyl sites for hydroxylation is 2. The molecule has 2 aromatic rings. The van der Waals surface area contributed by atoms with E-state index in [1.54, 1.807) is 7.11 Å². The van der Waals surface area contributed by atoms with Crippen LogP contribution in [0.1, 0.15) is 36.1 Å². The Morgan fingerprint density at radius 3 is 2.33 bits per heavy atom. The van der Waals surface area contributed by atoms with Gasteiger partial charge in [0.15, 0.2) is 0 Å². The third-order valence-corrected chi connectivity index (χ3v) is 4.02. The Labute approximate surface area is 127 Å². The van der Waals surface area contributed by atoms with Gasteiger partial charge in [-0.25, -0.2) is 0 Å². The maximum Gasteiger partial charge on any atom is 0.122 e. The first-order valence-corrected chi connectivity index (χ1v) is 7.48. The second-order valence-corrected chi connectivity index (χ2v) is 5.96. The molecular formula is C19H25NO. The van der Waals surface area contributed by atoms with Gasteiger partial charge in [0.1, 0.15) is 5.75 Å². The van der Waals surface area contributed by atoms with E-state index in [9.17, 15) is 0 Å². The Kier molecular flexibility index (Phi) is 4.69. The molecule has 0 aromatic heterocycles. The molecule has 0 aliphatic heterocycles. The first kappa shape index (κ1) is 15.6. The Morgan fingerprint density at radius 2 is 1.76 bits per heavy atom. The fourth-order valence-electron chi connectivity index (χ4n) is 2.66. The third-order valence-electron chi connectivity index (χ3n) is 4.02. The molecule has 1 unspecified atom stereocenters. The highest BCUT2D eigenvalue weighted by molar-refractivity contribution is 5.40. The molecule has 112 valence electrons. The van der Waals surface area contributed by atoms with E-state index in [1.165, 1.54) is 11.1 Å². The minimum Gasteiger partial charge on any atom is -0.496 e. The lowest BCUT2D eigenvalue weighted by Gasteiger charge is -2.26. The van der Waals surface area contributed by atoms with Gasteiger partial charge in [-0.3, -0.25) is 0 Å². The van der Waals surface area contributed by atoms with Gasteiger partial charge >= 0.3 is 0 Å². The molecule has 0 radical (unpaired) electrons. The van der Waals surface area contributed by atoms with Gasteiger partial charge in [-0.2, -0.15) is 0 Å². The molecule has 2 nitrogen and oxygen atoms in total. The minimum atomic E-state index is -0.409. The number of rotatable bonds is 5. The standard InChI is InChI=1S/C19H25NO/c1-5-15-7-9-17(10-8-15)19(3,20)13-16-12-14(2)6-11-18(16)21-4/h6-12H,5,13,20H2,1-4H3. The van der Waals surface area contributed by atoms with E-state index < -0.39 is 5.54 Å². The van der Waals surface area contributed by atoms with E-state index in [0.717, 1.165) is 29.7 Å². The second-order valence-electron chi connectivity index (χ2n) is 5.96. The average Bonchev–Trinajstić information content (AvgIpc) is 2.47. The van der Waals surface area contributed by atoms with Crippen LogP contribution in [-0.2, 0) is 18.4 Å². The second kappa shape index (κ2) is 6.31. The lowest BCUT2D eigenvalue weighted by Crippen LogP contribution is -2.35. The molecule has 0 saturated heterocycles. The highest BCUT2D eigenvalue weighted by Gasteiger charge is 2.23. The highest BCUT2D eigenvalue weighted by atomic mass is 16.5. The number of benzene rings is 2. The van der Waals surface area contributed by atoms with Crippen molar-refractivity contribution in [3.63, 3.8) is 0 Å². The summed E-state index contributed by atoms with van der Waals surface area (Å²) in [6.07, 6.45) is 1.80. The zero-order chi connectivity index (χ0) is 15.5. The molecule has 0 heterocycles. The van der Waals surface area contributed by atoms with Crippen LogP contribution in [0.2, 0.25) is 0 Å². The normalized spacial score (nSPS) is 13.8. The van der Waals surface area contributed by atoms with E-state index in [4.69, 9.17) is 10.5 Å². The van der Waals surface area contributed by atoms with Crippen LogP contribution in [0.15, 0.2) is 42.5 Å². The molecule has 2 aromatic carbocycles. The van der Waals surface area contributed by atoms with Gasteiger partial charge in [-0.15, -0.1) is 0 Å². The van der Waals surface area contributed by atoms with Gasteiger partial charge < -0.3 is 10.5 Å². The molecule has 0 fully saturated rings. The summed E-state index contributed by atoms with van der Waals surface area (Å²) in [6, 6.07) is 14.8. The predicted octanol–water partition coefficient (Wildman–Crippen LogP) is 3.98. The topological polar surface area (TPSA) is 35.2 Å². The minimum absolute atomic E-state index is 0.409. The fourth-order valence-corrected chi connectivity index (χ4v) is 2.66. The first-order valence-electron chi connectivity index (χ1n) is 7.48. The maximum absolute atomic E-state index is 6.58. The van der Waals surface area contributed by atoms with Gasteiger partial charge in [-0.1, -0.05) is 48.9 Å². The Bertz CT molecular complexity index is 599. The quantitative estimate of drug-likeness (QED) is 0.900. The molecule has 0 aliphatic carbocycles. The molecule has 0 bridgehead atoms. The number of methoxy groups -OCH3 is 1. The van der Waals surface area contributed by atoms with E-state index in [-0.39, 0.29) is 0 Å². The summed E-state index contributed by atoms with van der Waals surface area (Å²) in [6.45, 7) is 6.33. The summed E-state index contributed by atoms with van der Waals surface area (Å²) in [5.74, 6) is 0.905. The van der Waals surface area contributed by atoms with Crippen LogP contribution in [0.3, 0.4) is 0 Å². The smallest absolute Gasteiger partial charge is 0.122 e. The van der Waals surface area contributed by atoms with Gasteiger partial charge in [0.2, 0.25) is 0 Å². The van der Waals surface area contributed by atoms with Gasteiger partial charge in [0.25, 0.3) is 0 Å². The summed E-state index contributed by atoms with van der Waals surface area (Å²) < 4.78 is 5.46. The van der Waals surface area contributed by atoms with Crippen molar-refractivity contribution in [3.05, 3.63) is 64.7 Å². The zero-order valence-corrected chi connectivity index (χ0v) is 13.4. The van der Waals surface area contributed by atoms with E-state index in [0.29, 0.717) is 0 Å². The molecule has 2 rings (SSSR count). The summed E-state index contributed by atoms with van der Waals surface area (Å²) in [5, 5.41) is 0. The van der Waals surface area contributed by atoms with Gasteiger partial charge in [0, 0.05) is 5.54 Å². The number of hydrogen-bond donors (Lipinski definition) is 1. The first-order chi connectivity index (χ1) is 9.96. The fraction of sp³-hybridized carbons (Fsp3) is 0.368. The summed E-state index contributed by atoms with van der Waals surface area (Å²) in [5.41, 5.74) is 11.0. The average molecular weight is 283 g/mol. The predicted molar refractivity (Wildman–Crippen MR) is 88.8 cm³/mol. The van der Waals surface area contributed by atoms with Crippen LogP contribution in [0.5, 0.6) is 5.75 Å². The van der Waals surface area contributed by atoms with Crippen molar-refractivity contribution in [1.82, 2.24) is 0 Å². The lowest BCUT2D eigenvalue weighted by molar-refractivity contribution is 0.399. The van der Waals surface area contributed by atoms with Crippen molar-refractivity contribution < 1.29 is 4.74 Å². The molecule has 1 atom stereocenters. The Morgan fingerprint density at radius 1 is 1.10 bits per heavy atom. The molecule has 0 amide bonds. The summed E-state index contributed by atoms with van der Waals surface area (Å²) in [7, 11) is 1.71. The molecule has 0 aliphatic rings. The number of hydrogen-bond acceptors (Lipinski definition) is 2. The van der Waals surface area contributed by atoms with Crippen molar-refractivity contribution in [2.75, 3.05) is 7.11 Å². The van der Waals surface area contributed by atoms with E-state index >= 15 is 0 Å². The van der Waals surface area contributed by atoms with Crippen LogP contribution in [-0.4, -0.2) is 7.11 Å². The summed E-state index contributed by atoms with van der Waals surface area (Å²) >= 11 is 0. The van der Waals surface area contributed by atoms with Gasteiger partial charge in [-0.05, 0) is 49.4 Å². The third kappa shape index (κ3) is 3.64. The van der Waals surface area contributed by atoms with E-state index in [1.807, 2.05) is 6.07 Å². The Hall–Kier alpha value is -1.80. The molecular weight excluding hydrogens is 258 g/mol. The molecule has 21 heavy (non-hydrogen) atoms. The molecule has 0 spiro atoms. The lowest BCUT2D eigenvalue weighted by atomic mass is 9.85. The van der Waals surface area contributed by atoms with Crippen molar-refractivity contribution in [2.24, 2.45) is 5.73 Å². The van der Waals surface area contributed by atoms with Crippen molar-refractivity contribution >= 4 is 0 Å². The van der Waals surface area contributed by atoms with Gasteiger partial charge in [0.05, 0.1) is 7.11 Å². The molecule has 2 N–H and O–H groups in total. The number of ether oxygens (including phenoxy) is 1.